The summed E-state index contributed by atoms with van der Waals surface area (Å²) in [5, 5.41) is 3.82. The lowest BCUT2D eigenvalue weighted by molar-refractivity contribution is 0.265. The molecule has 2 aromatic carbocycles. The zero-order valence-electron chi connectivity index (χ0n) is 17.2. The van der Waals surface area contributed by atoms with E-state index in [1.54, 1.807) is 0 Å². The lowest BCUT2D eigenvalue weighted by Crippen LogP contribution is -2.54. The SMILES string of the molecule is CCOc1ccccc1CC(CN)(CC(C)C)NCCCc1ccccc1. The molecule has 0 saturated carbocycles. The van der Waals surface area contributed by atoms with Crippen LogP contribution in [0.1, 0.15) is 44.7 Å². The average Bonchev–Trinajstić information content (AvgIpc) is 2.67. The van der Waals surface area contributed by atoms with E-state index in [4.69, 9.17) is 10.5 Å². The molecule has 0 bridgehead atoms. The van der Waals surface area contributed by atoms with Crippen LogP contribution < -0.4 is 15.8 Å². The molecule has 0 spiro atoms. The van der Waals surface area contributed by atoms with Gasteiger partial charge in [0.1, 0.15) is 5.75 Å². The Kier molecular flexibility index (Phi) is 8.83. The Morgan fingerprint density at radius 3 is 2.41 bits per heavy atom. The minimum Gasteiger partial charge on any atom is -0.494 e. The van der Waals surface area contributed by atoms with Crippen LogP contribution in [0.4, 0.5) is 0 Å². The Balaban J connectivity index is 2.05. The fourth-order valence-corrected chi connectivity index (χ4v) is 3.82. The van der Waals surface area contributed by atoms with E-state index >= 15 is 0 Å². The summed E-state index contributed by atoms with van der Waals surface area (Å²) in [6, 6.07) is 19.0. The highest BCUT2D eigenvalue weighted by molar-refractivity contribution is 5.35. The van der Waals surface area contributed by atoms with Gasteiger partial charge in [-0.15, -0.1) is 0 Å². The van der Waals surface area contributed by atoms with Crippen molar-refractivity contribution >= 4 is 0 Å². The maximum atomic E-state index is 6.32. The van der Waals surface area contributed by atoms with Crippen LogP contribution in [0.2, 0.25) is 0 Å². The number of rotatable bonds is 12. The van der Waals surface area contributed by atoms with Crippen molar-refractivity contribution in [3.8, 4) is 5.75 Å². The second kappa shape index (κ2) is 11.1. The Bertz CT molecular complexity index is 656. The number of para-hydroxylation sites is 1. The Hall–Kier alpha value is -1.84. The molecule has 0 fully saturated rings. The van der Waals surface area contributed by atoms with Crippen molar-refractivity contribution in [2.75, 3.05) is 19.7 Å². The third-order valence-electron chi connectivity index (χ3n) is 4.98. The predicted octanol–water partition coefficient (Wildman–Crippen LogP) is 4.59. The zero-order chi connectivity index (χ0) is 19.5. The molecular weight excluding hydrogens is 332 g/mol. The molecule has 0 aliphatic rings. The molecule has 2 rings (SSSR count). The lowest BCUT2D eigenvalue weighted by atomic mass is 9.82. The van der Waals surface area contributed by atoms with E-state index in [0.717, 1.165) is 38.0 Å². The largest absolute Gasteiger partial charge is 0.494 e. The highest BCUT2D eigenvalue weighted by atomic mass is 16.5. The quantitative estimate of drug-likeness (QED) is 0.539. The highest BCUT2D eigenvalue weighted by Crippen LogP contribution is 2.27. The molecule has 27 heavy (non-hydrogen) atoms. The van der Waals surface area contributed by atoms with Gasteiger partial charge in [-0.1, -0.05) is 62.4 Å². The molecule has 0 amide bonds. The summed E-state index contributed by atoms with van der Waals surface area (Å²) in [4.78, 5) is 0. The molecule has 2 aromatic rings. The van der Waals surface area contributed by atoms with E-state index in [-0.39, 0.29) is 5.54 Å². The molecule has 0 aliphatic carbocycles. The third-order valence-corrected chi connectivity index (χ3v) is 4.98. The molecule has 3 N–H and O–H groups in total. The van der Waals surface area contributed by atoms with Crippen LogP contribution in [0, 0.1) is 5.92 Å². The second-order valence-electron chi connectivity index (χ2n) is 7.82. The van der Waals surface area contributed by atoms with Crippen LogP contribution >= 0.6 is 0 Å². The fourth-order valence-electron chi connectivity index (χ4n) is 3.82. The Morgan fingerprint density at radius 2 is 1.74 bits per heavy atom. The summed E-state index contributed by atoms with van der Waals surface area (Å²) in [6.45, 7) is 8.84. The molecule has 3 nitrogen and oxygen atoms in total. The molecule has 0 heterocycles. The smallest absolute Gasteiger partial charge is 0.122 e. The van der Waals surface area contributed by atoms with Crippen molar-refractivity contribution in [1.82, 2.24) is 5.32 Å². The lowest BCUT2D eigenvalue weighted by Gasteiger charge is -2.36. The molecule has 0 aromatic heterocycles. The molecule has 148 valence electrons. The molecule has 3 heteroatoms. The first kappa shape index (κ1) is 21.5. The maximum absolute atomic E-state index is 6.32. The molecule has 1 unspecified atom stereocenters. The number of ether oxygens (including phenoxy) is 1. The van der Waals surface area contributed by atoms with E-state index < -0.39 is 0 Å². The first-order valence-corrected chi connectivity index (χ1v) is 10.3. The standard InChI is InChI=1S/C24H36N2O/c1-4-27-23-15-9-8-14-22(23)18-24(19-25,17-20(2)3)26-16-10-13-21-11-6-5-7-12-21/h5-9,11-12,14-15,20,26H,4,10,13,16-19,25H2,1-3H3. The fraction of sp³-hybridized carbons (Fsp3) is 0.500. The molecule has 1 atom stereocenters. The second-order valence-corrected chi connectivity index (χ2v) is 7.82. The number of hydrogen-bond acceptors (Lipinski definition) is 3. The van der Waals surface area contributed by atoms with Crippen LogP contribution in [-0.4, -0.2) is 25.2 Å². The van der Waals surface area contributed by atoms with Gasteiger partial charge in [-0.3, -0.25) is 0 Å². The average molecular weight is 369 g/mol. The van der Waals surface area contributed by atoms with E-state index in [1.807, 2.05) is 13.0 Å². The van der Waals surface area contributed by atoms with Gasteiger partial charge in [0.2, 0.25) is 0 Å². The minimum absolute atomic E-state index is 0.0991. The first-order chi connectivity index (χ1) is 13.1. The van der Waals surface area contributed by atoms with Gasteiger partial charge in [0.25, 0.3) is 0 Å². The minimum atomic E-state index is -0.0991. The van der Waals surface area contributed by atoms with Crippen molar-refractivity contribution < 1.29 is 4.74 Å². The van der Waals surface area contributed by atoms with Crippen molar-refractivity contribution in [2.24, 2.45) is 11.7 Å². The summed E-state index contributed by atoms with van der Waals surface area (Å²) in [7, 11) is 0. The molecule has 0 saturated heterocycles. The Labute approximate surface area is 165 Å². The van der Waals surface area contributed by atoms with Gasteiger partial charge in [-0.25, -0.2) is 0 Å². The zero-order valence-corrected chi connectivity index (χ0v) is 17.2. The predicted molar refractivity (Wildman–Crippen MR) is 115 cm³/mol. The van der Waals surface area contributed by atoms with Gasteiger partial charge in [0.05, 0.1) is 6.61 Å². The molecular formula is C24H36N2O. The molecule has 0 radical (unpaired) electrons. The van der Waals surface area contributed by atoms with Crippen LogP contribution in [-0.2, 0) is 12.8 Å². The highest BCUT2D eigenvalue weighted by Gasteiger charge is 2.30. The van der Waals surface area contributed by atoms with Crippen molar-refractivity contribution in [3.63, 3.8) is 0 Å². The van der Waals surface area contributed by atoms with Crippen LogP contribution in [0.5, 0.6) is 5.75 Å². The summed E-state index contributed by atoms with van der Waals surface area (Å²) < 4.78 is 5.85. The summed E-state index contributed by atoms with van der Waals surface area (Å²) in [6.07, 6.45) is 4.14. The number of nitrogens with one attached hydrogen (secondary N) is 1. The van der Waals surface area contributed by atoms with Crippen molar-refractivity contribution in [1.29, 1.82) is 0 Å². The van der Waals surface area contributed by atoms with Gasteiger partial charge in [0, 0.05) is 12.1 Å². The summed E-state index contributed by atoms with van der Waals surface area (Å²) in [5.74, 6) is 1.56. The van der Waals surface area contributed by atoms with Gasteiger partial charge >= 0.3 is 0 Å². The van der Waals surface area contributed by atoms with Crippen LogP contribution in [0.3, 0.4) is 0 Å². The summed E-state index contributed by atoms with van der Waals surface area (Å²) in [5.41, 5.74) is 8.85. The molecule has 0 aliphatic heterocycles. The van der Waals surface area contributed by atoms with Crippen molar-refractivity contribution in [3.05, 3.63) is 65.7 Å². The van der Waals surface area contributed by atoms with E-state index in [2.05, 4.69) is 67.7 Å². The van der Waals surface area contributed by atoms with Gasteiger partial charge in [-0.05, 0) is 62.3 Å². The van der Waals surface area contributed by atoms with E-state index in [1.165, 1.54) is 11.1 Å². The van der Waals surface area contributed by atoms with Gasteiger partial charge in [0.15, 0.2) is 0 Å². The maximum Gasteiger partial charge on any atom is 0.122 e. The number of aryl methyl sites for hydroxylation is 1. The van der Waals surface area contributed by atoms with Gasteiger partial charge in [-0.2, -0.15) is 0 Å². The number of benzene rings is 2. The normalized spacial score (nSPS) is 13.5. The summed E-state index contributed by atoms with van der Waals surface area (Å²) >= 11 is 0. The number of hydrogen-bond donors (Lipinski definition) is 2. The monoisotopic (exact) mass is 368 g/mol. The van der Waals surface area contributed by atoms with E-state index in [0.29, 0.717) is 19.1 Å². The van der Waals surface area contributed by atoms with Crippen LogP contribution in [0.15, 0.2) is 54.6 Å². The number of nitrogens with two attached hydrogens (primary N) is 1. The van der Waals surface area contributed by atoms with Gasteiger partial charge < -0.3 is 15.8 Å². The van der Waals surface area contributed by atoms with Crippen molar-refractivity contribution in [2.45, 2.75) is 52.0 Å². The third kappa shape index (κ3) is 7.00. The van der Waals surface area contributed by atoms with E-state index in [9.17, 15) is 0 Å². The van der Waals surface area contributed by atoms with Crippen LogP contribution in [0.25, 0.3) is 0 Å². The topological polar surface area (TPSA) is 47.3 Å². The Morgan fingerprint density at radius 1 is 1.04 bits per heavy atom. The first-order valence-electron chi connectivity index (χ1n) is 10.3.